The summed E-state index contributed by atoms with van der Waals surface area (Å²) in [6.45, 7) is 0.729. The van der Waals surface area contributed by atoms with E-state index in [-0.39, 0.29) is 29.1 Å². The molecule has 20 heavy (non-hydrogen) atoms. The van der Waals surface area contributed by atoms with E-state index in [4.69, 9.17) is 22.1 Å². The Labute approximate surface area is 138 Å². The highest BCUT2D eigenvalue weighted by Crippen LogP contribution is 2.37. The van der Waals surface area contributed by atoms with Crippen LogP contribution in [0.15, 0.2) is 21.5 Å². The molecule has 0 spiro atoms. The average Bonchev–Trinajstić information content (AvgIpc) is 2.75. The molecule has 2 N–H and O–H groups in total. The van der Waals surface area contributed by atoms with Gasteiger partial charge in [0.2, 0.25) is 10.0 Å². The van der Waals surface area contributed by atoms with Crippen molar-refractivity contribution in [3.8, 4) is 5.75 Å². The molecule has 0 amide bonds. The molecule has 0 radical (unpaired) electrons. The van der Waals surface area contributed by atoms with Crippen LogP contribution < -0.4 is 10.5 Å². The zero-order valence-corrected chi connectivity index (χ0v) is 14.7. The summed E-state index contributed by atoms with van der Waals surface area (Å²) in [5.74, 6) is 0.255. The Kier molecular flexibility index (Phi) is 6.13. The second kappa shape index (κ2) is 6.81. The van der Waals surface area contributed by atoms with Gasteiger partial charge in [-0.2, -0.15) is 4.31 Å². The molecule has 0 aliphatic carbocycles. The fraction of sp³-hybridized carbons (Fsp3) is 0.455. The van der Waals surface area contributed by atoms with Gasteiger partial charge in [-0.15, -0.1) is 12.4 Å². The van der Waals surface area contributed by atoms with Gasteiger partial charge in [-0.1, -0.05) is 11.6 Å². The molecule has 1 aromatic rings. The first-order chi connectivity index (χ1) is 8.86. The van der Waals surface area contributed by atoms with Gasteiger partial charge in [-0.25, -0.2) is 8.42 Å². The average molecular weight is 406 g/mol. The molecule has 2 rings (SSSR count). The molecule has 5 nitrogen and oxygen atoms in total. The zero-order chi connectivity index (χ0) is 14.2. The molecule has 1 aliphatic rings. The fourth-order valence-electron chi connectivity index (χ4n) is 2.04. The monoisotopic (exact) mass is 404 g/mol. The van der Waals surface area contributed by atoms with E-state index in [1.807, 2.05) is 0 Å². The lowest BCUT2D eigenvalue weighted by molar-refractivity contribution is 0.395. The van der Waals surface area contributed by atoms with Gasteiger partial charge in [0.15, 0.2) is 5.75 Å². The number of rotatable bonds is 3. The second-order valence-electron chi connectivity index (χ2n) is 4.33. The summed E-state index contributed by atoms with van der Waals surface area (Å²) in [6.07, 6.45) is 0.656. The molecule has 0 aromatic heterocycles. The number of nitrogens with two attached hydrogens (primary N) is 1. The van der Waals surface area contributed by atoms with E-state index in [0.29, 0.717) is 29.0 Å². The minimum absolute atomic E-state index is 0. The Balaban J connectivity index is 0.00000200. The van der Waals surface area contributed by atoms with Crippen molar-refractivity contribution in [3.63, 3.8) is 0 Å². The van der Waals surface area contributed by atoms with E-state index < -0.39 is 10.0 Å². The molecule has 1 saturated heterocycles. The minimum Gasteiger partial charge on any atom is -0.494 e. The molecule has 1 fully saturated rings. The lowest BCUT2D eigenvalue weighted by Gasteiger charge is -2.18. The molecule has 1 aliphatic heterocycles. The Morgan fingerprint density at radius 3 is 2.65 bits per heavy atom. The third-order valence-corrected chi connectivity index (χ3v) is 5.66. The number of nitrogens with zero attached hydrogens (tertiary/aromatic N) is 1. The molecule has 1 aromatic carbocycles. The van der Waals surface area contributed by atoms with Crippen molar-refractivity contribution in [3.05, 3.63) is 21.6 Å². The van der Waals surface area contributed by atoms with Gasteiger partial charge in [0.05, 0.1) is 11.6 Å². The third-order valence-electron chi connectivity index (χ3n) is 2.98. The summed E-state index contributed by atoms with van der Waals surface area (Å²) >= 11 is 9.18. The van der Waals surface area contributed by atoms with Gasteiger partial charge in [0, 0.05) is 24.2 Å². The van der Waals surface area contributed by atoms with Crippen molar-refractivity contribution in [1.82, 2.24) is 4.31 Å². The van der Waals surface area contributed by atoms with Gasteiger partial charge < -0.3 is 10.5 Å². The Hall–Kier alpha value is -0.0500. The molecular formula is C11H15BrCl2N2O3S. The number of halogens is 3. The van der Waals surface area contributed by atoms with Crippen molar-refractivity contribution in [2.75, 3.05) is 20.2 Å². The molecule has 1 heterocycles. The van der Waals surface area contributed by atoms with Crippen LogP contribution in [0.4, 0.5) is 0 Å². The quantitative estimate of drug-likeness (QED) is 0.836. The van der Waals surface area contributed by atoms with Gasteiger partial charge in [0.25, 0.3) is 0 Å². The first-order valence-electron chi connectivity index (χ1n) is 5.65. The van der Waals surface area contributed by atoms with E-state index in [9.17, 15) is 8.42 Å². The summed E-state index contributed by atoms with van der Waals surface area (Å²) in [6, 6.07) is 2.86. The number of methoxy groups -OCH3 is 1. The smallest absolute Gasteiger partial charge is 0.246 e. The summed E-state index contributed by atoms with van der Waals surface area (Å²) in [7, 11) is -2.23. The Morgan fingerprint density at radius 1 is 1.50 bits per heavy atom. The van der Waals surface area contributed by atoms with Gasteiger partial charge in [0.1, 0.15) is 4.90 Å². The maximum Gasteiger partial charge on any atom is 0.246 e. The van der Waals surface area contributed by atoms with Crippen LogP contribution in [-0.4, -0.2) is 39.0 Å². The van der Waals surface area contributed by atoms with Crippen molar-refractivity contribution in [1.29, 1.82) is 0 Å². The SMILES string of the molecule is COc1c(Br)cc(Cl)cc1S(=O)(=O)N1CC[C@@H](N)C1.Cl. The van der Waals surface area contributed by atoms with Crippen LogP contribution in [0.1, 0.15) is 6.42 Å². The Morgan fingerprint density at radius 2 is 2.15 bits per heavy atom. The topological polar surface area (TPSA) is 72.6 Å². The van der Waals surface area contributed by atoms with Crippen molar-refractivity contribution < 1.29 is 13.2 Å². The summed E-state index contributed by atoms with van der Waals surface area (Å²) in [5, 5.41) is 0.328. The van der Waals surface area contributed by atoms with Crippen molar-refractivity contribution in [2.24, 2.45) is 5.73 Å². The molecule has 1 atom stereocenters. The van der Waals surface area contributed by atoms with E-state index in [1.165, 1.54) is 17.5 Å². The van der Waals surface area contributed by atoms with Gasteiger partial charge in [-0.3, -0.25) is 0 Å². The first-order valence-corrected chi connectivity index (χ1v) is 8.26. The molecule has 9 heteroatoms. The number of hydrogen-bond donors (Lipinski definition) is 1. The van der Waals surface area contributed by atoms with Crippen molar-refractivity contribution in [2.45, 2.75) is 17.4 Å². The molecule has 0 saturated carbocycles. The van der Waals surface area contributed by atoms with Crippen LogP contribution in [0.5, 0.6) is 5.75 Å². The van der Waals surface area contributed by atoms with E-state index >= 15 is 0 Å². The van der Waals surface area contributed by atoms with Crippen LogP contribution in [0.2, 0.25) is 5.02 Å². The van der Waals surface area contributed by atoms with Crippen LogP contribution in [0, 0.1) is 0 Å². The van der Waals surface area contributed by atoms with Gasteiger partial charge >= 0.3 is 0 Å². The zero-order valence-electron chi connectivity index (χ0n) is 10.7. The molecular weight excluding hydrogens is 391 g/mol. The lowest BCUT2D eigenvalue weighted by atomic mass is 10.3. The minimum atomic E-state index is -3.65. The number of benzene rings is 1. The van der Waals surface area contributed by atoms with Gasteiger partial charge in [-0.05, 0) is 34.5 Å². The summed E-state index contributed by atoms with van der Waals surface area (Å²) in [4.78, 5) is 0.0588. The summed E-state index contributed by atoms with van der Waals surface area (Å²) in [5.41, 5.74) is 5.76. The number of hydrogen-bond acceptors (Lipinski definition) is 4. The van der Waals surface area contributed by atoms with E-state index in [2.05, 4.69) is 15.9 Å². The molecule has 114 valence electrons. The standard InChI is InChI=1S/C11H14BrClN2O3S.ClH/c1-18-11-9(12)4-7(13)5-10(11)19(16,17)15-3-2-8(14)6-15;/h4-5,8H,2-3,6,14H2,1H3;1H/t8-;/m1./s1. The number of sulfonamides is 1. The highest BCUT2D eigenvalue weighted by Gasteiger charge is 2.33. The predicted octanol–water partition coefficient (Wildman–Crippen LogP) is 2.25. The van der Waals surface area contributed by atoms with Crippen LogP contribution >= 0.6 is 39.9 Å². The maximum absolute atomic E-state index is 12.6. The number of ether oxygens (including phenoxy) is 1. The second-order valence-corrected chi connectivity index (χ2v) is 7.53. The Bertz CT molecular complexity index is 598. The van der Waals surface area contributed by atoms with E-state index in [1.54, 1.807) is 6.07 Å². The van der Waals surface area contributed by atoms with E-state index in [0.717, 1.165) is 0 Å². The van der Waals surface area contributed by atoms with Crippen LogP contribution in [-0.2, 0) is 10.0 Å². The van der Waals surface area contributed by atoms with Crippen molar-refractivity contribution >= 4 is 50.0 Å². The summed E-state index contributed by atoms with van der Waals surface area (Å²) < 4.78 is 32.2. The predicted molar refractivity (Wildman–Crippen MR) is 84.3 cm³/mol. The first kappa shape index (κ1) is 18.0. The lowest BCUT2D eigenvalue weighted by Crippen LogP contribution is -2.32. The highest BCUT2D eigenvalue weighted by molar-refractivity contribution is 9.10. The normalized spacial score (nSPS) is 19.7. The van der Waals surface area contributed by atoms with Crippen LogP contribution in [0.3, 0.4) is 0 Å². The largest absolute Gasteiger partial charge is 0.494 e. The molecule has 0 unspecified atom stereocenters. The highest BCUT2D eigenvalue weighted by atomic mass is 79.9. The fourth-order valence-corrected chi connectivity index (χ4v) is 4.92. The maximum atomic E-state index is 12.6. The van der Waals surface area contributed by atoms with Crippen LogP contribution in [0.25, 0.3) is 0 Å². The third kappa shape index (κ3) is 3.40. The molecule has 0 bridgehead atoms.